The molecule has 1 heterocycles. The first-order valence-corrected chi connectivity index (χ1v) is 9.57. The summed E-state index contributed by atoms with van der Waals surface area (Å²) < 4.78 is 45.3. The highest BCUT2D eigenvalue weighted by Crippen LogP contribution is 2.26. The maximum atomic E-state index is 13.2. The van der Waals surface area contributed by atoms with E-state index in [2.05, 4.69) is 4.72 Å². The number of carbonyl (C=O) groups excluding carboxylic acids is 1. The molecule has 8 heteroatoms. The molecule has 138 valence electrons. The summed E-state index contributed by atoms with van der Waals surface area (Å²) in [5.41, 5.74) is 0.742. The van der Waals surface area contributed by atoms with Crippen molar-refractivity contribution in [2.75, 3.05) is 25.1 Å². The molecular weight excluding hydrogens is 359 g/mol. The molecule has 1 saturated heterocycles. The molecule has 0 radical (unpaired) electrons. The zero-order valence-electron chi connectivity index (χ0n) is 14.2. The quantitative estimate of drug-likeness (QED) is 0.836. The minimum Gasteiger partial charge on any atom is -0.497 e. The second-order valence-corrected chi connectivity index (χ2v) is 7.85. The standard InChI is InChI=1S/C18H19FN2O4S/c1-25-16-7-5-15(6-8-16)21-12-13(9-18(21)22)11-20-26(23,24)17-4-2-3-14(19)10-17/h2-8,10,13,20H,9,11-12H2,1H3. The molecule has 0 saturated carbocycles. The summed E-state index contributed by atoms with van der Waals surface area (Å²) in [7, 11) is -2.25. The summed E-state index contributed by atoms with van der Waals surface area (Å²) in [5, 5.41) is 0. The first-order chi connectivity index (χ1) is 12.4. The number of amides is 1. The smallest absolute Gasteiger partial charge is 0.240 e. The van der Waals surface area contributed by atoms with Gasteiger partial charge in [0.1, 0.15) is 11.6 Å². The van der Waals surface area contributed by atoms with Crippen LogP contribution in [0.25, 0.3) is 0 Å². The topological polar surface area (TPSA) is 75.7 Å². The fraction of sp³-hybridized carbons (Fsp3) is 0.278. The van der Waals surface area contributed by atoms with E-state index in [9.17, 15) is 17.6 Å². The number of sulfonamides is 1. The van der Waals surface area contributed by atoms with Gasteiger partial charge in [-0.1, -0.05) is 6.07 Å². The van der Waals surface area contributed by atoms with E-state index in [1.54, 1.807) is 36.3 Å². The molecule has 26 heavy (non-hydrogen) atoms. The Hall–Kier alpha value is -2.45. The van der Waals surface area contributed by atoms with E-state index >= 15 is 0 Å². The lowest BCUT2D eigenvalue weighted by Crippen LogP contribution is -2.31. The molecule has 1 amide bonds. The molecule has 1 aliphatic heterocycles. The molecule has 0 aliphatic carbocycles. The van der Waals surface area contributed by atoms with Gasteiger partial charge < -0.3 is 9.64 Å². The normalized spacial score (nSPS) is 17.5. The van der Waals surface area contributed by atoms with Gasteiger partial charge in [0.25, 0.3) is 0 Å². The molecule has 1 aliphatic rings. The van der Waals surface area contributed by atoms with Crippen molar-refractivity contribution in [3.8, 4) is 5.75 Å². The summed E-state index contributed by atoms with van der Waals surface area (Å²) in [4.78, 5) is 13.7. The fourth-order valence-corrected chi connectivity index (χ4v) is 4.02. The predicted molar refractivity (Wildman–Crippen MR) is 95.0 cm³/mol. The largest absolute Gasteiger partial charge is 0.497 e. The highest BCUT2D eigenvalue weighted by atomic mass is 32.2. The lowest BCUT2D eigenvalue weighted by atomic mass is 10.1. The monoisotopic (exact) mass is 378 g/mol. The Balaban J connectivity index is 1.64. The maximum absolute atomic E-state index is 13.2. The Morgan fingerprint density at radius 1 is 1.23 bits per heavy atom. The molecular formula is C18H19FN2O4S. The van der Waals surface area contributed by atoms with E-state index < -0.39 is 15.8 Å². The molecule has 1 fully saturated rings. The van der Waals surface area contributed by atoms with Gasteiger partial charge in [-0.25, -0.2) is 17.5 Å². The third-order valence-corrected chi connectivity index (χ3v) is 5.68. The number of hydrogen-bond donors (Lipinski definition) is 1. The van der Waals surface area contributed by atoms with Gasteiger partial charge >= 0.3 is 0 Å². The van der Waals surface area contributed by atoms with Crippen molar-refractivity contribution in [1.82, 2.24) is 4.72 Å². The third kappa shape index (κ3) is 4.03. The Bertz CT molecular complexity index is 900. The highest BCUT2D eigenvalue weighted by molar-refractivity contribution is 7.89. The van der Waals surface area contributed by atoms with Crippen LogP contribution in [0.3, 0.4) is 0 Å². The summed E-state index contributed by atoms with van der Waals surface area (Å²) in [6, 6.07) is 11.9. The van der Waals surface area contributed by atoms with Crippen LogP contribution in [0.5, 0.6) is 5.75 Å². The third-order valence-electron chi connectivity index (χ3n) is 4.26. The van der Waals surface area contributed by atoms with E-state index in [0.717, 1.165) is 11.8 Å². The Kier molecular flexibility index (Phi) is 5.24. The summed E-state index contributed by atoms with van der Waals surface area (Å²) in [5.74, 6) is -0.146. The molecule has 2 aromatic rings. The van der Waals surface area contributed by atoms with Gasteiger partial charge in [-0.05, 0) is 48.4 Å². The Morgan fingerprint density at radius 2 is 1.96 bits per heavy atom. The number of nitrogens with one attached hydrogen (secondary N) is 1. The zero-order chi connectivity index (χ0) is 18.7. The molecule has 2 aromatic carbocycles. The average Bonchev–Trinajstić information content (AvgIpc) is 3.01. The lowest BCUT2D eigenvalue weighted by molar-refractivity contribution is -0.117. The molecule has 0 bridgehead atoms. The SMILES string of the molecule is COc1ccc(N2CC(CNS(=O)(=O)c3cccc(F)c3)CC2=O)cc1. The van der Waals surface area contributed by atoms with Gasteiger partial charge in [-0.2, -0.15) is 0 Å². The van der Waals surface area contributed by atoms with Gasteiger partial charge in [0.15, 0.2) is 0 Å². The van der Waals surface area contributed by atoms with Crippen LogP contribution in [0.4, 0.5) is 10.1 Å². The van der Waals surface area contributed by atoms with Crippen LogP contribution >= 0.6 is 0 Å². The summed E-state index contributed by atoms with van der Waals surface area (Å²) >= 11 is 0. The van der Waals surface area contributed by atoms with E-state index in [0.29, 0.717) is 12.3 Å². The lowest BCUT2D eigenvalue weighted by Gasteiger charge is -2.17. The molecule has 0 aromatic heterocycles. The van der Waals surface area contributed by atoms with E-state index in [1.807, 2.05) is 0 Å². The van der Waals surface area contributed by atoms with Crippen molar-refractivity contribution in [2.24, 2.45) is 5.92 Å². The highest BCUT2D eigenvalue weighted by Gasteiger charge is 2.31. The van der Waals surface area contributed by atoms with E-state index in [-0.39, 0.29) is 29.7 Å². The zero-order valence-corrected chi connectivity index (χ0v) is 15.0. The maximum Gasteiger partial charge on any atom is 0.240 e. The van der Waals surface area contributed by atoms with Crippen molar-refractivity contribution in [3.63, 3.8) is 0 Å². The number of anilines is 1. The van der Waals surface area contributed by atoms with Crippen LogP contribution in [-0.2, 0) is 14.8 Å². The first-order valence-electron chi connectivity index (χ1n) is 8.09. The van der Waals surface area contributed by atoms with Crippen molar-refractivity contribution >= 4 is 21.6 Å². The van der Waals surface area contributed by atoms with Gasteiger partial charge in [0.2, 0.25) is 15.9 Å². The molecule has 6 nitrogen and oxygen atoms in total. The number of hydrogen-bond acceptors (Lipinski definition) is 4. The van der Waals surface area contributed by atoms with Crippen molar-refractivity contribution in [3.05, 3.63) is 54.3 Å². The number of rotatable bonds is 6. The number of nitrogens with zero attached hydrogens (tertiary/aromatic N) is 1. The minimum atomic E-state index is -3.82. The van der Waals surface area contributed by atoms with Gasteiger partial charge in [-0.15, -0.1) is 0 Å². The molecule has 1 atom stereocenters. The fourth-order valence-electron chi connectivity index (χ4n) is 2.88. The van der Waals surface area contributed by atoms with Crippen LogP contribution < -0.4 is 14.4 Å². The molecule has 1 unspecified atom stereocenters. The number of methoxy groups -OCH3 is 1. The van der Waals surface area contributed by atoms with Crippen LogP contribution in [0.2, 0.25) is 0 Å². The van der Waals surface area contributed by atoms with Crippen LogP contribution in [0, 0.1) is 11.7 Å². The number of benzene rings is 2. The van der Waals surface area contributed by atoms with Crippen LogP contribution in [-0.4, -0.2) is 34.5 Å². The first kappa shape index (κ1) is 18.3. The van der Waals surface area contributed by atoms with Gasteiger partial charge in [-0.3, -0.25) is 4.79 Å². The van der Waals surface area contributed by atoms with E-state index in [1.165, 1.54) is 18.2 Å². The van der Waals surface area contributed by atoms with Crippen molar-refractivity contribution in [1.29, 1.82) is 0 Å². The average molecular weight is 378 g/mol. The molecule has 3 rings (SSSR count). The summed E-state index contributed by atoms with van der Waals surface area (Å²) in [6.45, 7) is 0.522. The predicted octanol–water partition coefficient (Wildman–Crippen LogP) is 2.17. The molecule has 0 spiro atoms. The Labute approximate surface area is 151 Å². The van der Waals surface area contributed by atoms with Gasteiger partial charge in [0.05, 0.1) is 12.0 Å². The Morgan fingerprint density at radius 3 is 2.62 bits per heavy atom. The summed E-state index contributed by atoms with van der Waals surface area (Å²) in [6.07, 6.45) is 0.248. The van der Waals surface area contributed by atoms with Crippen LogP contribution in [0.1, 0.15) is 6.42 Å². The van der Waals surface area contributed by atoms with Crippen molar-refractivity contribution < 1.29 is 22.3 Å². The minimum absolute atomic E-state index is 0.0647. The second kappa shape index (κ2) is 7.43. The molecule has 1 N–H and O–H groups in total. The second-order valence-electron chi connectivity index (χ2n) is 6.08. The van der Waals surface area contributed by atoms with Crippen LogP contribution in [0.15, 0.2) is 53.4 Å². The number of ether oxygens (including phenoxy) is 1. The van der Waals surface area contributed by atoms with E-state index in [4.69, 9.17) is 4.74 Å². The number of carbonyl (C=O) groups is 1. The van der Waals surface area contributed by atoms with Gasteiger partial charge in [0, 0.05) is 25.2 Å². The number of halogens is 1. The van der Waals surface area contributed by atoms with Crippen molar-refractivity contribution in [2.45, 2.75) is 11.3 Å².